The fourth-order valence-electron chi connectivity index (χ4n) is 8.68. The molecule has 0 bridgehead atoms. The van der Waals surface area contributed by atoms with E-state index >= 15 is 0 Å². The minimum absolute atomic E-state index is 0.0395. The minimum atomic E-state index is -0.278. The number of carbonyl (C=O) groups excluding carboxylic acids is 2. The van der Waals surface area contributed by atoms with Crippen LogP contribution in [0.3, 0.4) is 0 Å². The second kappa shape index (κ2) is 13.7. The van der Waals surface area contributed by atoms with Gasteiger partial charge >= 0.3 is 0 Å². The highest BCUT2D eigenvalue weighted by Crippen LogP contribution is 2.42. The number of hydrogen-bond acceptors (Lipinski definition) is 7. The average Bonchev–Trinajstić information content (AvgIpc) is 3.12. The van der Waals surface area contributed by atoms with E-state index in [4.69, 9.17) is 14.7 Å². The van der Waals surface area contributed by atoms with Gasteiger partial charge in [-0.05, 0) is 80.0 Å². The van der Waals surface area contributed by atoms with Crippen molar-refractivity contribution in [2.24, 2.45) is 5.41 Å². The number of hydrogen-bond donors (Lipinski definition) is 0. The monoisotopic (exact) mass is 662 g/mol. The van der Waals surface area contributed by atoms with Gasteiger partial charge in [-0.3, -0.25) is 14.5 Å². The van der Waals surface area contributed by atoms with Crippen LogP contribution in [0, 0.1) is 12.3 Å². The summed E-state index contributed by atoms with van der Waals surface area (Å²) in [6.45, 7) is 21.5. The van der Waals surface area contributed by atoms with Crippen molar-refractivity contribution >= 4 is 28.3 Å². The number of carbonyl (C=O) groups is 2. The van der Waals surface area contributed by atoms with Gasteiger partial charge in [0, 0.05) is 68.1 Å². The molecule has 0 spiro atoms. The number of amides is 2. The van der Waals surface area contributed by atoms with E-state index in [0.717, 1.165) is 81.1 Å². The summed E-state index contributed by atoms with van der Waals surface area (Å²) in [7, 11) is 0. The molecule has 0 radical (unpaired) electrons. The van der Waals surface area contributed by atoms with Crippen molar-refractivity contribution in [2.45, 2.75) is 71.5 Å². The normalized spacial score (nSPS) is 23.9. The lowest BCUT2D eigenvalue weighted by atomic mass is 9.70. The molecule has 0 unspecified atom stereocenters. The summed E-state index contributed by atoms with van der Waals surface area (Å²) in [6, 6.07) is 13.5. The maximum absolute atomic E-state index is 14.2. The number of likely N-dealkylation sites (tertiary alicyclic amines) is 2. The van der Waals surface area contributed by atoms with Gasteiger partial charge in [0.15, 0.2) is 0 Å². The standard InChI is InChI=1S/C40H50N6O3/c1-6-36(47)46-25-28(3)40(5,23-29(46)4)24-33-32-15-18-45(35-12-8-11-30-10-7-9-27(2)37(30)35)26-34(32)42-38(41-33)39(48)44-16-13-31(14-17-44)43-19-21-49-22-20-43/h6-12,29,31H,1,3,13-26H2,2,4-5H3/t29-,40-/m1/s1. The topological polar surface area (TPSA) is 82.1 Å². The number of nitrogens with zero attached hydrogens (tertiary/aromatic N) is 6. The molecule has 49 heavy (non-hydrogen) atoms. The number of rotatable bonds is 6. The van der Waals surface area contributed by atoms with Gasteiger partial charge in [0.25, 0.3) is 5.91 Å². The Morgan fingerprint density at radius 1 is 1.02 bits per heavy atom. The zero-order valence-electron chi connectivity index (χ0n) is 29.4. The molecule has 3 fully saturated rings. The van der Waals surface area contributed by atoms with Crippen LogP contribution in [-0.2, 0) is 28.9 Å². The Balaban J connectivity index is 1.20. The number of benzene rings is 2. The van der Waals surface area contributed by atoms with Gasteiger partial charge in [-0.2, -0.15) is 0 Å². The summed E-state index contributed by atoms with van der Waals surface area (Å²) in [4.78, 5) is 45.8. The number of ether oxygens (including phenoxy) is 1. The summed E-state index contributed by atoms with van der Waals surface area (Å²) in [5, 5.41) is 2.49. The maximum atomic E-state index is 14.2. The molecule has 9 nitrogen and oxygen atoms in total. The molecule has 2 amide bonds. The SMILES string of the molecule is C=CC(=O)N1CC(=C)[C@@](C)(Cc2nc(C(=O)N3CCC(N4CCOCC4)CC3)nc3c2CCN(c2cccc4cccc(C)c24)C3)C[C@H]1C. The predicted octanol–water partition coefficient (Wildman–Crippen LogP) is 5.35. The van der Waals surface area contributed by atoms with Crippen LogP contribution < -0.4 is 4.90 Å². The Morgan fingerprint density at radius 2 is 1.76 bits per heavy atom. The number of piperidine rings is 2. The lowest BCUT2D eigenvalue weighted by molar-refractivity contribution is -0.129. The highest BCUT2D eigenvalue weighted by molar-refractivity contribution is 5.97. The Kier molecular flexibility index (Phi) is 9.33. The zero-order valence-corrected chi connectivity index (χ0v) is 29.4. The van der Waals surface area contributed by atoms with Crippen LogP contribution in [0.15, 0.2) is 61.2 Å². The molecule has 4 aliphatic heterocycles. The van der Waals surface area contributed by atoms with Crippen LogP contribution in [0.25, 0.3) is 10.8 Å². The van der Waals surface area contributed by atoms with E-state index in [-0.39, 0.29) is 23.3 Å². The van der Waals surface area contributed by atoms with Crippen LogP contribution in [0.2, 0.25) is 0 Å². The van der Waals surface area contributed by atoms with Crippen LogP contribution in [0.4, 0.5) is 5.69 Å². The van der Waals surface area contributed by atoms with Crippen molar-refractivity contribution in [3.8, 4) is 0 Å². The van der Waals surface area contributed by atoms with Crippen molar-refractivity contribution < 1.29 is 14.3 Å². The van der Waals surface area contributed by atoms with Crippen molar-refractivity contribution in [1.29, 1.82) is 0 Å². The first-order valence-corrected chi connectivity index (χ1v) is 18.0. The average molecular weight is 663 g/mol. The molecule has 0 aliphatic carbocycles. The summed E-state index contributed by atoms with van der Waals surface area (Å²) >= 11 is 0. The second-order valence-corrected chi connectivity index (χ2v) is 14.8. The number of fused-ring (bicyclic) bond motifs is 2. The Bertz CT molecular complexity index is 1770. The molecule has 0 N–H and O–H groups in total. The fourth-order valence-corrected chi connectivity index (χ4v) is 8.68. The molecule has 7 rings (SSSR count). The number of aryl methyl sites for hydroxylation is 1. The highest BCUT2D eigenvalue weighted by atomic mass is 16.5. The first-order chi connectivity index (χ1) is 23.6. The molecular formula is C40H50N6O3. The molecule has 2 aromatic carbocycles. The van der Waals surface area contributed by atoms with Crippen LogP contribution >= 0.6 is 0 Å². The zero-order chi connectivity index (χ0) is 34.3. The Hall–Kier alpha value is -4.08. The number of aromatic nitrogens is 2. The largest absolute Gasteiger partial charge is 0.379 e. The maximum Gasteiger partial charge on any atom is 0.291 e. The van der Waals surface area contributed by atoms with Gasteiger partial charge < -0.3 is 19.4 Å². The third kappa shape index (κ3) is 6.51. The quantitative estimate of drug-likeness (QED) is 0.260. The molecule has 4 aliphatic rings. The van der Waals surface area contributed by atoms with Crippen molar-refractivity contribution in [1.82, 2.24) is 24.7 Å². The van der Waals surface area contributed by atoms with Gasteiger partial charge in [-0.1, -0.05) is 56.0 Å². The van der Waals surface area contributed by atoms with Crippen LogP contribution in [0.5, 0.6) is 0 Å². The van der Waals surface area contributed by atoms with E-state index < -0.39 is 0 Å². The van der Waals surface area contributed by atoms with Crippen LogP contribution in [0.1, 0.15) is 66.2 Å². The lowest BCUT2D eigenvalue weighted by Crippen LogP contribution is -2.50. The van der Waals surface area contributed by atoms with E-state index in [9.17, 15) is 9.59 Å². The van der Waals surface area contributed by atoms with Gasteiger partial charge in [0.05, 0.1) is 25.5 Å². The van der Waals surface area contributed by atoms with E-state index in [1.165, 1.54) is 28.1 Å². The molecule has 0 saturated carbocycles. The first-order valence-electron chi connectivity index (χ1n) is 18.0. The van der Waals surface area contributed by atoms with E-state index in [1.807, 2.05) is 9.80 Å². The summed E-state index contributed by atoms with van der Waals surface area (Å²) in [6.07, 6.45) is 5.51. The lowest BCUT2D eigenvalue weighted by Gasteiger charge is -2.45. The Morgan fingerprint density at radius 3 is 2.49 bits per heavy atom. The Labute approximate surface area is 290 Å². The van der Waals surface area contributed by atoms with Gasteiger partial charge in [0.1, 0.15) is 0 Å². The molecule has 9 heteroatoms. The first kappa shape index (κ1) is 33.4. The predicted molar refractivity (Wildman–Crippen MR) is 194 cm³/mol. The molecule has 2 atom stereocenters. The number of anilines is 1. The van der Waals surface area contributed by atoms with Gasteiger partial charge in [-0.25, -0.2) is 9.97 Å². The van der Waals surface area contributed by atoms with E-state index in [2.05, 4.69) is 80.1 Å². The molecule has 1 aromatic heterocycles. The summed E-state index contributed by atoms with van der Waals surface area (Å²) in [5.74, 6) is 0.159. The highest BCUT2D eigenvalue weighted by Gasteiger charge is 2.40. The second-order valence-electron chi connectivity index (χ2n) is 14.8. The van der Waals surface area contributed by atoms with Crippen molar-refractivity contribution in [3.63, 3.8) is 0 Å². The van der Waals surface area contributed by atoms with E-state index in [0.29, 0.717) is 44.5 Å². The molecule has 258 valence electrons. The molecular weight excluding hydrogens is 612 g/mol. The van der Waals surface area contributed by atoms with Crippen molar-refractivity contribution in [3.05, 3.63) is 89.5 Å². The molecule has 5 heterocycles. The van der Waals surface area contributed by atoms with E-state index in [1.54, 1.807) is 0 Å². The summed E-state index contributed by atoms with van der Waals surface area (Å²) in [5.41, 5.74) is 6.23. The third-order valence-corrected chi connectivity index (χ3v) is 11.6. The van der Waals surface area contributed by atoms with Gasteiger partial charge in [0.2, 0.25) is 11.7 Å². The molecule has 3 aromatic rings. The van der Waals surface area contributed by atoms with Crippen LogP contribution in [-0.4, -0.2) is 101 Å². The minimum Gasteiger partial charge on any atom is -0.379 e. The third-order valence-electron chi connectivity index (χ3n) is 11.6. The molecule has 3 saturated heterocycles. The van der Waals surface area contributed by atoms with Gasteiger partial charge in [-0.15, -0.1) is 0 Å². The number of morpholine rings is 1. The fraction of sp³-hybridized carbons (Fsp3) is 0.500. The summed E-state index contributed by atoms with van der Waals surface area (Å²) < 4.78 is 5.57. The smallest absolute Gasteiger partial charge is 0.291 e. The van der Waals surface area contributed by atoms with Crippen molar-refractivity contribution in [2.75, 3.05) is 57.4 Å².